The van der Waals surface area contributed by atoms with Gasteiger partial charge in [0.1, 0.15) is 22.3 Å². The third-order valence-electron chi connectivity index (χ3n) is 20.9. The van der Waals surface area contributed by atoms with Gasteiger partial charge in [-0.05, 0) is 104 Å². The minimum Gasteiger partial charge on any atom is -0.456 e. The summed E-state index contributed by atoms with van der Waals surface area (Å²) < 4.78 is 18.2. The Morgan fingerprint density at radius 2 is 0.417 bits per heavy atom. The summed E-state index contributed by atoms with van der Waals surface area (Å²) in [6.45, 7) is 0. The number of hydrogen-bond acceptors (Lipinski definition) is 8. The Labute approximate surface area is 619 Å². The molecule has 0 fully saturated rings. The van der Waals surface area contributed by atoms with Crippen molar-refractivity contribution in [3.63, 3.8) is 0 Å². The van der Waals surface area contributed by atoms with Crippen LogP contribution >= 0.6 is 0 Å². The van der Waals surface area contributed by atoms with Gasteiger partial charge >= 0.3 is 0 Å². The van der Waals surface area contributed by atoms with E-state index in [0.717, 1.165) is 122 Å². The van der Waals surface area contributed by atoms with E-state index < -0.39 is 0 Å². The van der Waals surface area contributed by atoms with E-state index in [1.807, 2.05) is 121 Å². The average molecular weight is 1380 g/mol. The van der Waals surface area contributed by atoms with Crippen LogP contribution < -0.4 is 0 Å². The Balaban J connectivity index is 0.000000138. The molecule has 0 spiro atoms. The topological polar surface area (TPSA) is 113 Å². The van der Waals surface area contributed by atoms with Gasteiger partial charge in [-0.15, -0.1) is 0 Å². The van der Waals surface area contributed by atoms with Crippen LogP contribution in [0.3, 0.4) is 0 Å². The second-order valence-corrected chi connectivity index (χ2v) is 27.2. The van der Waals surface area contributed by atoms with Crippen LogP contribution in [0.2, 0.25) is 0 Å². The quantitative estimate of drug-likeness (QED) is 0.133. The molecule has 0 saturated carbocycles. The Bertz CT molecular complexity index is 6610. The molecule has 0 aliphatic carbocycles. The molecule has 0 unspecified atom stereocenters. The van der Waals surface area contributed by atoms with Crippen molar-refractivity contribution in [3.8, 4) is 102 Å². The van der Waals surface area contributed by atoms with Crippen LogP contribution in [-0.2, 0) is 0 Å². The van der Waals surface area contributed by atoms with Crippen molar-refractivity contribution in [1.29, 1.82) is 0 Å². The minimum absolute atomic E-state index is 0.630. The third kappa shape index (κ3) is 10.6. The number of fused-ring (bicyclic) bond motifs is 16. The lowest BCUT2D eigenvalue weighted by Gasteiger charge is -2.11. The van der Waals surface area contributed by atoms with E-state index in [0.29, 0.717) is 34.9 Å². The van der Waals surface area contributed by atoms with Crippen molar-refractivity contribution in [1.82, 2.24) is 39.0 Å². The van der Waals surface area contributed by atoms with Crippen LogP contribution in [0.1, 0.15) is 0 Å². The fourth-order valence-electron chi connectivity index (χ4n) is 15.9. The maximum absolute atomic E-state index is 6.75. The minimum atomic E-state index is 0.630. The number of rotatable bonds is 10. The molecule has 10 nitrogen and oxygen atoms in total. The van der Waals surface area contributed by atoms with E-state index in [4.69, 9.17) is 38.7 Å². The SMILES string of the molecule is c1ccc(-c2nc(-c3ccccc3)nc(-c3ccc(-c4cc5oc6cc(-n7c8ccccc8c8ccccc87)ccc6c5c5ccccc45)cc3)n2)cc1.c1ccc(-c2nc(-c3ccccc3)nc(-c3ccc(-c4cc5oc6cc(-n7c8ccccc8c8ccccc87)ccc6c5c5ccccc45)cc3)n2)cc1. The Hall–Kier alpha value is -14.7. The van der Waals surface area contributed by atoms with E-state index in [9.17, 15) is 0 Å². The number of hydrogen-bond donors (Lipinski definition) is 0. The van der Waals surface area contributed by atoms with Crippen molar-refractivity contribution < 1.29 is 8.83 Å². The molecule has 0 radical (unpaired) electrons. The highest BCUT2D eigenvalue weighted by molar-refractivity contribution is 6.24. The third-order valence-corrected chi connectivity index (χ3v) is 20.9. The van der Waals surface area contributed by atoms with Crippen molar-refractivity contribution in [2.45, 2.75) is 0 Å². The lowest BCUT2D eigenvalue weighted by molar-refractivity contribution is 0.668. The van der Waals surface area contributed by atoms with Gasteiger partial charge in [-0.25, -0.2) is 29.9 Å². The highest BCUT2D eigenvalue weighted by Crippen LogP contribution is 2.45. The number of furan rings is 2. The molecule has 10 heteroatoms. The lowest BCUT2D eigenvalue weighted by atomic mass is 9.94. The molecule has 504 valence electrons. The maximum Gasteiger partial charge on any atom is 0.164 e. The van der Waals surface area contributed by atoms with Crippen LogP contribution in [0.15, 0.2) is 373 Å². The first-order valence-electron chi connectivity index (χ1n) is 36.2. The van der Waals surface area contributed by atoms with Crippen molar-refractivity contribution in [2.75, 3.05) is 0 Å². The van der Waals surface area contributed by atoms with E-state index in [2.05, 4.69) is 252 Å². The molecule has 0 aliphatic heterocycles. The van der Waals surface area contributed by atoms with Crippen LogP contribution in [0.4, 0.5) is 0 Å². The molecule has 22 aromatic rings. The van der Waals surface area contributed by atoms with Crippen molar-refractivity contribution >= 4 is 109 Å². The monoisotopic (exact) mass is 1380 g/mol. The molecule has 108 heavy (non-hydrogen) atoms. The highest BCUT2D eigenvalue weighted by atomic mass is 16.3. The fourth-order valence-corrected chi connectivity index (χ4v) is 15.9. The second kappa shape index (κ2) is 25.6. The largest absolute Gasteiger partial charge is 0.456 e. The molecular formula is C98H60N8O2. The molecule has 6 aromatic heterocycles. The number of nitrogens with zero attached hydrogens (tertiary/aromatic N) is 8. The van der Waals surface area contributed by atoms with Gasteiger partial charge in [-0.1, -0.05) is 291 Å². The molecule has 0 N–H and O–H groups in total. The molecule has 0 saturated heterocycles. The molecule has 22 rings (SSSR count). The second-order valence-electron chi connectivity index (χ2n) is 27.2. The molecular weight excluding hydrogens is 1320 g/mol. The molecule has 0 bridgehead atoms. The summed E-state index contributed by atoms with van der Waals surface area (Å²) in [4.78, 5) is 29.5. The Morgan fingerprint density at radius 1 is 0.176 bits per heavy atom. The number of para-hydroxylation sites is 4. The van der Waals surface area contributed by atoms with Gasteiger partial charge in [0.25, 0.3) is 0 Å². The van der Waals surface area contributed by atoms with Gasteiger partial charge < -0.3 is 18.0 Å². The zero-order valence-electron chi connectivity index (χ0n) is 58.0. The van der Waals surface area contributed by atoms with Crippen molar-refractivity contribution in [2.24, 2.45) is 0 Å². The van der Waals surface area contributed by atoms with Gasteiger partial charge in [0.05, 0.1) is 22.1 Å². The summed E-state index contributed by atoms with van der Waals surface area (Å²) in [5.41, 5.74) is 20.3. The first kappa shape index (κ1) is 61.9. The van der Waals surface area contributed by atoms with E-state index in [-0.39, 0.29) is 0 Å². The van der Waals surface area contributed by atoms with Crippen molar-refractivity contribution in [3.05, 3.63) is 364 Å². The van der Waals surface area contributed by atoms with E-state index >= 15 is 0 Å². The van der Waals surface area contributed by atoms with Crippen LogP contribution in [0.5, 0.6) is 0 Å². The lowest BCUT2D eigenvalue weighted by Crippen LogP contribution is -2.00. The molecule has 0 aliphatic rings. The number of aromatic nitrogens is 8. The maximum atomic E-state index is 6.75. The highest BCUT2D eigenvalue weighted by Gasteiger charge is 2.22. The Kier molecular flexibility index (Phi) is 14.7. The zero-order chi connectivity index (χ0) is 71.2. The predicted octanol–water partition coefficient (Wildman–Crippen LogP) is 25.4. The van der Waals surface area contributed by atoms with E-state index in [1.54, 1.807) is 0 Å². The van der Waals surface area contributed by atoms with Crippen LogP contribution in [-0.4, -0.2) is 39.0 Å². The molecule has 16 aromatic carbocycles. The normalized spacial score (nSPS) is 11.7. The van der Waals surface area contributed by atoms with E-state index in [1.165, 1.54) is 54.4 Å². The van der Waals surface area contributed by atoms with Gasteiger partial charge in [0.15, 0.2) is 34.9 Å². The van der Waals surface area contributed by atoms with Gasteiger partial charge in [-0.3, -0.25) is 0 Å². The van der Waals surface area contributed by atoms with Gasteiger partial charge in [0.2, 0.25) is 0 Å². The predicted molar refractivity (Wildman–Crippen MR) is 441 cm³/mol. The molecule has 6 heterocycles. The molecule has 0 atom stereocenters. The summed E-state index contributed by atoms with van der Waals surface area (Å²) in [6.07, 6.45) is 0. The Morgan fingerprint density at radius 3 is 0.713 bits per heavy atom. The summed E-state index contributed by atoms with van der Waals surface area (Å²) in [5, 5.41) is 14.1. The molecule has 0 amide bonds. The summed E-state index contributed by atoms with van der Waals surface area (Å²) in [6, 6.07) is 126. The first-order chi connectivity index (χ1) is 53.5. The summed E-state index contributed by atoms with van der Waals surface area (Å²) in [7, 11) is 0. The van der Waals surface area contributed by atoms with Gasteiger partial charge in [0, 0.05) is 100.0 Å². The smallest absolute Gasteiger partial charge is 0.164 e. The summed E-state index contributed by atoms with van der Waals surface area (Å²) in [5.74, 6) is 3.84. The summed E-state index contributed by atoms with van der Waals surface area (Å²) >= 11 is 0. The van der Waals surface area contributed by atoms with Crippen LogP contribution in [0, 0.1) is 0 Å². The first-order valence-corrected chi connectivity index (χ1v) is 36.2. The van der Waals surface area contributed by atoms with Crippen LogP contribution in [0.25, 0.3) is 211 Å². The van der Waals surface area contributed by atoms with Gasteiger partial charge in [-0.2, -0.15) is 0 Å². The zero-order valence-corrected chi connectivity index (χ0v) is 58.0. The fraction of sp³-hybridized carbons (Fsp3) is 0. The average Bonchev–Trinajstić information content (AvgIpc) is 1.58. The standard InChI is InChI=1S/2C49H30N4O/c2*1-3-13-32(14-4-1)47-50-48(33-15-5-2-6-16-33)52-49(51-47)34-25-23-31(24-26-34)41-30-45-46(39-20-8-7-17-36(39)41)40-28-27-35(29-44(40)54-45)53-42-21-11-9-18-37(42)38-19-10-12-22-43(38)53/h2*1-30H. The number of benzene rings is 16.